The van der Waals surface area contributed by atoms with E-state index in [1.807, 2.05) is 21.0 Å². The van der Waals surface area contributed by atoms with Crippen LogP contribution in [0.3, 0.4) is 0 Å². The van der Waals surface area contributed by atoms with Crippen LogP contribution in [0.4, 0.5) is 5.69 Å². The minimum Gasteiger partial charge on any atom is -0.352 e. The molecule has 0 atom stereocenters. The topological polar surface area (TPSA) is 79.7 Å². The zero-order valence-corrected chi connectivity index (χ0v) is 18.3. The van der Waals surface area contributed by atoms with Crippen molar-refractivity contribution < 1.29 is 18.1 Å². The zero-order valence-electron chi connectivity index (χ0n) is 16.0. The highest BCUT2D eigenvalue weighted by atomic mass is 35.5. The Kier molecular flexibility index (Phi) is 7.71. The van der Waals surface area contributed by atoms with Gasteiger partial charge >= 0.3 is 0 Å². The second-order valence-electron chi connectivity index (χ2n) is 6.78. The van der Waals surface area contributed by atoms with Crippen LogP contribution in [0, 0.1) is 6.92 Å². The lowest BCUT2D eigenvalue weighted by Gasteiger charge is -2.12. The highest BCUT2D eigenvalue weighted by Crippen LogP contribution is 2.27. The number of anilines is 1. The molecule has 9 heteroatoms. The molecule has 1 amide bonds. The lowest BCUT2D eigenvalue weighted by Crippen LogP contribution is -3.05. The third-order valence-electron chi connectivity index (χ3n) is 4.05. The van der Waals surface area contributed by atoms with Gasteiger partial charge in [-0.3, -0.25) is 9.52 Å². The Morgan fingerprint density at radius 3 is 2.43 bits per heavy atom. The van der Waals surface area contributed by atoms with Crippen LogP contribution in [-0.2, 0) is 10.0 Å². The van der Waals surface area contributed by atoms with Gasteiger partial charge in [0.1, 0.15) is 4.90 Å². The standard InChI is InChI=1S/C19H23Cl2N3O3S/c1-13-5-7-15(12-17(13)21)23-28(26,27)18-11-14(6-8-16(18)20)19(25)22-9-4-10-24(2)3/h5-8,11-12,23H,4,9-10H2,1-3H3,(H,22,25)/p+1. The summed E-state index contributed by atoms with van der Waals surface area (Å²) in [4.78, 5) is 13.4. The second kappa shape index (κ2) is 9.60. The normalized spacial score (nSPS) is 11.5. The third kappa shape index (κ3) is 6.10. The molecule has 2 aromatic rings. The van der Waals surface area contributed by atoms with Crippen molar-refractivity contribution in [2.24, 2.45) is 0 Å². The lowest BCUT2D eigenvalue weighted by molar-refractivity contribution is -0.858. The number of quaternary nitrogens is 1. The Labute approximate surface area is 175 Å². The van der Waals surface area contributed by atoms with Gasteiger partial charge in [-0.05, 0) is 42.8 Å². The van der Waals surface area contributed by atoms with E-state index in [0.29, 0.717) is 17.3 Å². The smallest absolute Gasteiger partial charge is 0.263 e. The molecule has 0 saturated heterocycles. The molecule has 0 aliphatic rings. The maximum Gasteiger partial charge on any atom is 0.263 e. The van der Waals surface area contributed by atoms with Crippen molar-refractivity contribution in [3.05, 3.63) is 57.6 Å². The maximum atomic E-state index is 12.8. The fourth-order valence-electron chi connectivity index (χ4n) is 2.46. The van der Waals surface area contributed by atoms with Gasteiger partial charge in [0.25, 0.3) is 15.9 Å². The second-order valence-corrected chi connectivity index (χ2v) is 9.25. The number of hydrogen-bond donors (Lipinski definition) is 3. The highest BCUT2D eigenvalue weighted by Gasteiger charge is 2.20. The Bertz CT molecular complexity index is 963. The molecule has 0 aliphatic heterocycles. The van der Waals surface area contributed by atoms with Crippen molar-refractivity contribution in [1.29, 1.82) is 0 Å². The first-order chi connectivity index (χ1) is 13.1. The molecular weight excluding hydrogens is 421 g/mol. The van der Waals surface area contributed by atoms with Crippen molar-refractivity contribution in [2.45, 2.75) is 18.2 Å². The molecule has 6 nitrogen and oxygen atoms in total. The van der Waals surface area contributed by atoms with Gasteiger partial charge in [-0.1, -0.05) is 29.3 Å². The fourth-order valence-corrected chi connectivity index (χ4v) is 4.22. The van der Waals surface area contributed by atoms with E-state index in [4.69, 9.17) is 23.2 Å². The van der Waals surface area contributed by atoms with E-state index < -0.39 is 10.0 Å². The van der Waals surface area contributed by atoms with Gasteiger partial charge in [0.2, 0.25) is 0 Å². The number of carbonyl (C=O) groups excluding carboxylic acids is 1. The first-order valence-electron chi connectivity index (χ1n) is 8.76. The van der Waals surface area contributed by atoms with Crippen LogP contribution in [0.15, 0.2) is 41.3 Å². The van der Waals surface area contributed by atoms with Crippen LogP contribution in [0.5, 0.6) is 0 Å². The molecule has 28 heavy (non-hydrogen) atoms. The lowest BCUT2D eigenvalue weighted by atomic mass is 10.2. The Morgan fingerprint density at radius 1 is 1.07 bits per heavy atom. The first-order valence-corrected chi connectivity index (χ1v) is 11.0. The van der Waals surface area contributed by atoms with E-state index in [-0.39, 0.29) is 21.4 Å². The maximum absolute atomic E-state index is 12.8. The van der Waals surface area contributed by atoms with E-state index in [0.717, 1.165) is 18.5 Å². The first kappa shape index (κ1) is 22.5. The number of benzene rings is 2. The van der Waals surface area contributed by atoms with Gasteiger partial charge in [-0.2, -0.15) is 0 Å². The molecular formula is C19H24Cl2N3O3S+. The van der Waals surface area contributed by atoms with Crippen molar-refractivity contribution in [2.75, 3.05) is 31.9 Å². The summed E-state index contributed by atoms with van der Waals surface area (Å²) in [7, 11) is 0.0783. The molecule has 2 rings (SSSR count). The number of hydrogen-bond acceptors (Lipinski definition) is 3. The summed E-state index contributed by atoms with van der Waals surface area (Å²) in [6, 6.07) is 9.00. The Hall–Kier alpha value is -1.80. The molecule has 0 fully saturated rings. The number of rotatable bonds is 8. The highest BCUT2D eigenvalue weighted by molar-refractivity contribution is 7.92. The van der Waals surface area contributed by atoms with E-state index in [2.05, 4.69) is 10.0 Å². The van der Waals surface area contributed by atoms with Crippen molar-refractivity contribution in [3.63, 3.8) is 0 Å². The Balaban J connectivity index is 2.18. The monoisotopic (exact) mass is 444 g/mol. The fraction of sp³-hybridized carbons (Fsp3) is 0.316. The van der Waals surface area contributed by atoms with Gasteiger partial charge < -0.3 is 10.2 Å². The molecule has 0 aliphatic carbocycles. The average molecular weight is 445 g/mol. The molecule has 0 bridgehead atoms. The quantitative estimate of drug-likeness (QED) is 0.546. The van der Waals surface area contributed by atoms with E-state index in [9.17, 15) is 13.2 Å². The molecule has 0 saturated carbocycles. The number of carbonyl (C=O) groups is 1. The minimum atomic E-state index is -3.99. The summed E-state index contributed by atoms with van der Waals surface area (Å²) < 4.78 is 28.0. The number of amides is 1. The van der Waals surface area contributed by atoms with Crippen LogP contribution in [-0.4, -0.2) is 41.5 Å². The van der Waals surface area contributed by atoms with Crippen LogP contribution in [0.1, 0.15) is 22.3 Å². The summed E-state index contributed by atoms with van der Waals surface area (Å²) >= 11 is 12.1. The van der Waals surface area contributed by atoms with Crippen molar-refractivity contribution in [3.8, 4) is 0 Å². The molecule has 0 aromatic heterocycles. The van der Waals surface area contributed by atoms with E-state index >= 15 is 0 Å². The molecule has 0 heterocycles. The van der Waals surface area contributed by atoms with Gasteiger partial charge in [0.15, 0.2) is 0 Å². The van der Waals surface area contributed by atoms with Gasteiger partial charge in [0.05, 0.1) is 31.4 Å². The number of nitrogens with one attached hydrogen (secondary N) is 3. The van der Waals surface area contributed by atoms with Crippen molar-refractivity contribution in [1.82, 2.24) is 5.32 Å². The molecule has 0 radical (unpaired) electrons. The van der Waals surface area contributed by atoms with Gasteiger partial charge in [0, 0.05) is 23.6 Å². The zero-order chi connectivity index (χ0) is 20.9. The van der Waals surface area contributed by atoms with Crippen LogP contribution in [0.2, 0.25) is 10.0 Å². The largest absolute Gasteiger partial charge is 0.352 e. The molecule has 2 aromatic carbocycles. The SMILES string of the molecule is Cc1ccc(NS(=O)(=O)c2cc(C(=O)NCCC[NH+](C)C)ccc2Cl)cc1Cl. The van der Waals surface area contributed by atoms with Gasteiger partial charge in [-0.15, -0.1) is 0 Å². The van der Waals surface area contributed by atoms with E-state index in [1.54, 1.807) is 12.1 Å². The number of sulfonamides is 1. The number of aryl methyl sites for hydroxylation is 1. The predicted molar refractivity (Wildman–Crippen MR) is 113 cm³/mol. The van der Waals surface area contributed by atoms with Crippen LogP contribution >= 0.6 is 23.2 Å². The molecule has 0 spiro atoms. The Morgan fingerprint density at radius 2 is 1.79 bits per heavy atom. The van der Waals surface area contributed by atoms with E-state index in [1.165, 1.54) is 29.2 Å². The summed E-state index contributed by atoms with van der Waals surface area (Å²) in [6.45, 7) is 3.25. The summed E-state index contributed by atoms with van der Waals surface area (Å²) in [5.41, 5.74) is 1.37. The third-order valence-corrected chi connectivity index (χ3v) is 6.32. The number of halogens is 2. The van der Waals surface area contributed by atoms with Gasteiger partial charge in [-0.25, -0.2) is 8.42 Å². The summed E-state index contributed by atoms with van der Waals surface area (Å²) in [5.74, 6) is -0.347. The van der Waals surface area contributed by atoms with Crippen LogP contribution in [0.25, 0.3) is 0 Å². The average Bonchev–Trinajstić information content (AvgIpc) is 2.61. The summed E-state index contributed by atoms with van der Waals surface area (Å²) in [6.07, 6.45) is 0.822. The predicted octanol–water partition coefficient (Wildman–Crippen LogP) is 2.37. The van der Waals surface area contributed by atoms with Crippen LogP contribution < -0.4 is 14.9 Å². The minimum absolute atomic E-state index is 0.0264. The van der Waals surface area contributed by atoms with Crippen molar-refractivity contribution >= 4 is 44.8 Å². The molecule has 0 unspecified atom stereocenters. The summed E-state index contributed by atoms with van der Waals surface area (Å²) in [5, 5.41) is 3.26. The molecule has 3 N–H and O–H groups in total. The molecule has 152 valence electrons.